The lowest BCUT2D eigenvalue weighted by atomic mass is 9.97. The third-order valence-electron chi connectivity index (χ3n) is 2.56. The highest BCUT2D eigenvalue weighted by atomic mass is 16.5. The summed E-state index contributed by atoms with van der Waals surface area (Å²) in [5.74, 6) is 1.30. The number of ether oxygens (including phenoxy) is 1. The van der Waals surface area contributed by atoms with Gasteiger partial charge in [-0.05, 0) is 12.8 Å². The molecule has 1 saturated heterocycles. The molecule has 1 aromatic rings. The Hall–Kier alpha value is -1.34. The molecule has 0 atom stereocenters. The lowest BCUT2D eigenvalue weighted by Gasteiger charge is -2.20. The van der Waals surface area contributed by atoms with Crippen molar-refractivity contribution in [1.29, 1.82) is 5.26 Å². The molecule has 1 N–H and O–H groups in total. The molecule has 1 fully saturated rings. The molecule has 2 heterocycles. The quantitative estimate of drug-likeness (QED) is 0.768. The average molecular weight is 191 g/mol. The van der Waals surface area contributed by atoms with Crippen LogP contribution in [-0.4, -0.2) is 23.2 Å². The summed E-state index contributed by atoms with van der Waals surface area (Å²) >= 11 is 0. The number of aromatic amines is 1. The lowest BCUT2D eigenvalue weighted by Crippen LogP contribution is -2.14. The van der Waals surface area contributed by atoms with Gasteiger partial charge in [0.2, 0.25) is 0 Å². The summed E-state index contributed by atoms with van der Waals surface area (Å²) in [5.41, 5.74) is 1.15. The second kappa shape index (κ2) is 4.25. The van der Waals surface area contributed by atoms with E-state index in [2.05, 4.69) is 16.0 Å². The lowest BCUT2D eigenvalue weighted by molar-refractivity contribution is 0.0846. The molecule has 0 radical (unpaired) electrons. The van der Waals surface area contributed by atoms with E-state index in [-0.39, 0.29) is 0 Å². The molecule has 4 nitrogen and oxygen atoms in total. The molecular formula is C10H13N3O. The number of nitrogens with one attached hydrogen (secondary N) is 1. The zero-order chi connectivity index (χ0) is 9.80. The number of H-pyrrole nitrogens is 1. The first kappa shape index (κ1) is 9.22. The van der Waals surface area contributed by atoms with E-state index >= 15 is 0 Å². The molecule has 0 unspecified atom stereocenters. The van der Waals surface area contributed by atoms with Crippen LogP contribution < -0.4 is 0 Å². The first-order chi connectivity index (χ1) is 6.90. The van der Waals surface area contributed by atoms with Gasteiger partial charge in [-0.3, -0.25) is 0 Å². The number of nitrogens with zero attached hydrogens (tertiary/aromatic N) is 2. The smallest absolute Gasteiger partial charge is 0.120 e. The van der Waals surface area contributed by atoms with Gasteiger partial charge >= 0.3 is 0 Å². The first-order valence-corrected chi connectivity index (χ1v) is 4.88. The molecule has 0 aromatic carbocycles. The standard InChI is InChI=1S/C10H13N3O/c11-4-1-10-12-7-9(13-10)8-2-5-14-6-3-8/h7-8H,1-3,5-6H2,(H,12,13). The molecule has 0 aliphatic carbocycles. The predicted octanol–water partition coefficient (Wildman–Crippen LogP) is 1.37. The number of nitriles is 1. The van der Waals surface area contributed by atoms with Crippen molar-refractivity contribution < 1.29 is 4.74 Å². The number of aromatic nitrogens is 2. The van der Waals surface area contributed by atoms with E-state index in [0.29, 0.717) is 12.3 Å². The van der Waals surface area contributed by atoms with Crippen molar-refractivity contribution in [2.24, 2.45) is 0 Å². The Morgan fingerprint density at radius 2 is 2.36 bits per heavy atom. The summed E-state index contributed by atoms with van der Waals surface area (Å²) in [5, 5.41) is 8.51. The van der Waals surface area contributed by atoms with Crippen molar-refractivity contribution in [1.82, 2.24) is 9.97 Å². The van der Waals surface area contributed by atoms with Crippen LogP contribution in [0.4, 0.5) is 0 Å². The van der Waals surface area contributed by atoms with E-state index in [1.807, 2.05) is 6.20 Å². The van der Waals surface area contributed by atoms with E-state index in [9.17, 15) is 0 Å². The van der Waals surface area contributed by atoms with Gasteiger partial charge < -0.3 is 9.72 Å². The molecule has 0 amide bonds. The van der Waals surface area contributed by atoms with Gasteiger partial charge in [-0.1, -0.05) is 0 Å². The van der Waals surface area contributed by atoms with Crippen molar-refractivity contribution in [3.63, 3.8) is 0 Å². The van der Waals surface area contributed by atoms with Crippen molar-refractivity contribution in [3.05, 3.63) is 17.7 Å². The second-order valence-electron chi connectivity index (χ2n) is 3.51. The Morgan fingerprint density at radius 3 is 3.07 bits per heavy atom. The Morgan fingerprint density at radius 1 is 1.57 bits per heavy atom. The van der Waals surface area contributed by atoms with Gasteiger partial charge in [-0.15, -0.1) is 0 Å². The zero-order valence-electron chi connectivity index (χ0n) is 7.99. The first-order valence-electron chi connectivity index (χ1n) is 4.88. The van der Waals surface area contributed by atoms with E-state index in [4.69, 9.17) is 10.00 Å². The van der Waals surface area contributed by atoms with E-state index in [1.165, 1.54) is 0 Å². The van der Waals surface area contributed by atoms with Gasteiger partial charge in [-0.25, -0.2) is 4.98 Å². The highest BCUT2D eigenvalue weighted by molar-refractivity contribution is 5.10. The largest absolute Gasteiger partial charge is 0.381 e. The Labute approximate surface area is 82.9 Å². The fraction of sp³-hybridized carbons (Fsp3) is 0.600. The molecule has 2 rings (SSSR count). The number of rotatable bonds is 2. The highest BCUT2D eigenvalue weighted by Crippen LogP contribution is 2.25. The fourth-order valence-electron chi connectivity index (χ4n) is 1.76. The minimum Gasteiger partial charge on any atom is -0.381 e. The van der Waals surface area contributed by atoms with Gasteiger partial charge in [0, 0.05) is 31.0 Å². The maximum atomic E-state index is 8.51. The normalized spacial score (nSPS) is 17.9. The summed E-state index contributed by atoms with van der Waals surface area (Å²) < 4.78 is 5.29. The topological polar surface area (TPSA) is 61.7 Å². The predicted molar refractivity (Wildman–Crippen MR) is 50.7 cm³/mol. The van der Waals surface area contributed by atoms with Crippen LogP contribution in [-0.2, 0) is 11.2 Å². The number of imidazole rings is 1. The summed E-state index contributed by atoms with van der Waals surface area (Å²) in [7, 11) is 0. The highest BCUT2D eigenvalue weighted by Gasteiger charge is 2.17. The molecule has 0 spiro atoms. The minimum absolute atomic E-state index is 0.364. The Balaban J connectivity index is 2.04. The average Bonchev–Trinajstić information content (AvgIpc) is 2.68. The SMILES string of the molecule is N#CCc1ncc(C2CCOCC2)[nH]1. The zero-order valence-corrected chi connectivity index (χ0v) is 7.99. The van der Waals surface area contributed by atoms with Gasteiger partial charge in [0.15, 0.2) is 0 Å². The summed E-state index contributed by atoms with van der Waals surface area (Å²) in [6.45, 7) is 1.66. The third-order valence-corrected chi connectivity index (χ3v) is 2.56. The number of hydrogen-bond acceptors (Lipinski definition) is 3. The fourth-order valence-corrected chi connectivity index (χ4v) is 1.76. The van der Waals surface area contributed by atoms with Crippen molar-refractivity contribution in [3.8, 4) is 6.07 Å². The monoisotopic (exact) mass is 191 g/mol. The number of hydrogen-bond donors (Lipinski definition) is 1. The molecule has 1 aliphatic heterocycles. The molecule has 0 bridgehead atoms. The molecule has 0 saturated carbocycles. The molecule has 1 aromatic heterocycles. The third kappa shape index (κ3) is 1.94. The summed E-state index contributed by atoms with van der Waals surface area (Å²) in [6.07, 6.45) is 4.31. The van der Waals surface area contributed by atoms with Crippen LogP contribution in [0.3, 0.4) is 0 Å². The van der Waals surface area contributed by atoms with Crippen LogP contribution in [0.2, 0.25) is 0 Å². The van der Waals surface area contributed by atoms with E-state index in [0.717, 1.165) is 37.6 Å². The summed E-state index contributed by atoms with van der Waals surface area (Å²) in [6, 6.07) is 2.08. The van der Waals surface area contributed by atoms with Crippen LogP contribution in [0.15, 0.2) is 6.20 Å². The Bertz CT molecular complexity index is 333. The Kier molecular flexibility index (Phi) is 2.80. The van der Waals surface area contributed by atoms with Crippen LogP contribution in [0.5, 0.6) is 0 Å². The second-order valence-corrected chi connectivity index (χ2v) is 3.51. The maximum Gasteiger partial charge on any atom is 0.120 e. The van der Waals surface area contributed by atoms with Crippen molar-refractivity contribution in [2.75, 3.05) is 13.2 Å². The van der Waals surface area contributed by atoms with Crippen molar-refractivity contribution in [2.45, 2.75) is 25.2 Å². The van der Waals surface area contributed by atoms with Gasteiger partial charge in [0.1, 0.15) is 5.82 Å². The van der Waals surface area contributed by atoms with Gasteiger partial charge in [-0.2, -0.15) is 5.26 Å². The molecule has 14 heavy (non-hydrogen) atoms. The van der Waals surface area contributed by atoms with Crippen LogP contribution >= 0.6 is 0 Å². The molecular weight excluding hydrogens is 178 g/mol. The molecule has 4 heteroatoms. The summed E-state index contributed by atoms with van der Waals surface area (Å²) in [4.78, 5) is 7.36. The van der Waals surface area contributed by atoms with Crippen LogP contribution in [0.25, 0.3) is 0 Å². The van der Waals surface area contributed by atoms with E-state index in [1.54, 1.807) is 0 Å². The maximum absolute atomic E-state index is 8.51. The van der Waals surface area contributed by atoms with Crippen molar-refractivity contribution >= 4 is 0 Å². The van der Waals surface area contributed by atoms with Crippen LogP contribution in [0.1, 0.15) is 30.3 Å². The molecule has 1 aliphatic rings. The van der Waals surface area contributed by atoms with Gasteiger partial charge in [0.25, 0.3) is 0 Å². The van der Waals surface area contributed by atoms with Crippen LogP contribution in [0, 0.1) is 11.3 Å². The minimum atomic E-state index is 0.364. The van der Waals surface area contributed by atoms with E-state index < -0.39 is 0 Å². The molecule has 74 valence electrons. The van der Waals surface area contributed by atoms with Gasteiger partial charge in [0.05, 0.1) is 12.5 Å².